The van der Waals surface area contributed by atoms with Gasteiger partial charge in [0.1, 0.15) is 5.69 Å². The molecule has 1 aromatic heterocycles. The van der Waals surface area contributed by atoms with Gasteiger partial charge in [-0.2, -0.15) is 13.2 Å². The molecule has 0 saturated carbocycles. The Labute approximate surface area is 183 Å². The molecule has 12 heteroatoms. The number of piperidine rings is 1. The summed E-state index contributed by atoms with van der Waals surface area (Å²) in [5, 5.41) is 10.3. The number of halogens is 3. The SMILES string of the molecule is O=C(N[C@@H]1CN(C2CCOCC2)C[C@@H]2CCCO[C@@H]21)c1cnccn1.O=C(O)C(F)(F)F. The van der Waals surface area contributed by atoms with Gasteiger partial charge in [-0.1, -0.05) is 0 Å². The van der Waals surface area contributed by atoms with Crippen molar-refractivity contribution in [3.05, 3.63) is 24.3 Å². The van der Waals surface area contributed by atoms with E-state index in [0.29, 0.717) is 17.7 Å². The number of aliphatic carboxylic acids is 1. The van der Waals surface area contributed by atoms with Crippen LogP contribution in [0.2, 0.25) is 0 Å². The summed E-state index contributed by atoms with van der Waals surface area (Å²) in [6.45, 7) is 4.35. The number of alkyl halides is 3. The Kier molecular flexibility index (Phi) is 8.38. The molecule has 178 valence electrons. The predicted molar refractivity (Wildman–Crippen MR) is 105 cm³/mol. The zero-order chi connectivity index (χ0) is 23.1. The van der Waals surface area contributed by atoms with E-state index in [4.69, 9.17) is 19.4 Å². The fourth-order valence-electron chi connectivity index (χ4n) is 4.37. The average molecular weight is 460 g/mol. The number of carbonyl (C=O) groups is 2. The number of hydrogen-bond acceptors (Lipinski definition) is 7. The van der Waals surface area contributed by atoms with E-state index in [1.807, 2.05) is 0 Å². The molecule has 4 heterocycles. The standard InChI is InChI=1S/C18H26N4O3.C2HF3O2/c23-18(15-10-19-5-6-20-15)21-16-12-22(14-3-8-24-9-4-14)11-13-2-1-7-25-17(13)16;3-2(4,5)1(6)7/h5-6,10,13-14,16-17H,1-4,7-9,11-12H2,(H,21,23);(H,6,7)/t13-,16+,17-;/m0./s1. The van der Waals surface area contributed by atoms with Gasteiger partial charge in [-0.25, -0.2) is 9.78 Å². The normalized spacial score (nSPS) is 26.9. The largest absolute Gasteiger partial charge is 0.490 e. The van der Waals surface area contributed by atoms with Gasteiger partial charge in [0, 0.05) is 51.3 Å². The van der Waals surface area contributed by atoms with Crippen LogP contribution in [0.15, 0.2) is 18.6 Å². The van der Waals surface area contributed by atoms with E-state index in [1.165, 1.54) is 12.6 Å². The first kappa shape index (κ1) is 24.3. The first-order chi connectivity index (χ1) is 15.3. The molecule has 2 N–H and O–H groups in total. The van der Waals surface area contributed by atoms with Crippen molar-refractivity contribution in [3.63, 3.8) is 0 Å². The molecule has 3 atom stereocenters. The van der Waals surface area contributed by atoms with E-state index < -0.39 is 12.1 Å². The molecule has 1 amide bonds. The van der Waals surface area contributed by atoms with Crippen LogP contribution in [0.4, 0.5) is 13.2 Å². The number of likely N-dealkylation sites (tertiary alicyclic amines) is 1. The van der Waals surface area contributed by atoms with E-state index in [9.17, 15) is 18.0 Å². The Morgan fingerprint density at radius 3 is 2.47 bits per heavy atom. The van der Waals surface area contributed by atoms with Gasteiger partial charge in [0.15, 0.2) is 0 Å². The molecular weight excluding hydrogens is 433 g/mol. The highest BCUT2D eigenvalue weighted by molar-refractivity contribution is 5.92. The number of ether oxygens (including phenoxy) is 2. The molecular formula is C20H27F3N4O5. The summed E-state index contributed by atoms with van der Waals surface area (Å²) >= 11 is 0. The van der Waals surface area contributed by atoms with Crippen LogP contribution in [0, 0.1) is 5.92 Å². The van der Waals surface area contributed by atoms with Crippen molar-refractivity contribution in [2.75, 3.05) is 32.9 Å². The zero-order valence-electron chi connectivity index (χ0n) is 17.5. The molecule has 0 unspecified atom stereocenters. The molecule has 0 aromatic carbocycles. The maximum Gasteiger partial charge on any atom is 0.490 e. The number of aromatic nitrogens is 2. The molecule has 0 radical (unpaired) electrons. The van der Waals surface area contributed by atoms with Crippen LogP contribution in [0.5, 0.6) is 0 Å². The lowest BCUT2D eigenvalue weighted by atomic mass is 9.84. The molecule has 4 rings (SSSR count). The van der Waals surface area contributed by atoms with Crippen LogP contribution in [0.1, 0.15) is 36.2 Å². The molecule has 3 aliphatic rings. The molecule has 32 heavy (non-hydrogen) atoms. The van der Waals surface area contributed by atoms with E-state index >= 15 is 0 Å². The van der Waals surface area contributed by atoms with Crippen molar-refractivity contribution in [1.82, 2.24) is 20.2 Å². The van der Waals surface area contributed by atoms with Gasteiger partial charge in [-0.05, 0) is 31.6 Å². The first-order valence-electron chi connectivity index (χ1n) is 10.6. The number of nitrogens with one attached hydrogen (secondary N) is 1. The lowest BCUT2D eigenvalue weighted by molar-refractivity contribution is -0.192. The Hall–Kier alpha value is -2.31. The van der Waals surface area contributed by atoms with Crippen LogP contribution in [0.25, 0.3) is 0 Å². The van der Waals surface area contributed by atoms with E-state index in [1.54, 1.807) is 12.4 Å². The second-order valence-corrected chi connectivity index (χ2v) is 8.01. The van der Waals surface area contributed by atoms with Gasteiger partial charge in [-0.15, -0.1) is 0 Å². The van der Waals surface area contributed by atoms with Gasteiger partial charge < -0.3 is 19.9 Å². The van der Waals surface area contributed by atoms with Crippen molar-refractivity contribution in [3.8, 4) is 0 Å². The number of rotatable bonds is 3. The lowest BCUT2D eigenvalue weighted by Crippen LogP contribution is -2.63. The second-order valence-electron chi connectivity index (χ2n) is 8.01. The number of amides is 1. The van der Waals surface area contributed by atoms with Crippen LogP contribution in [-0.4, -0.2) is 89.1 Å². The monoisotopic (exact) mass is 460 g/mol. The Balaban J connectivity index is 0.000000360. The highest BCUT2D eigenvalue weighted by Gasteiger charge is 2.42. The average Bonchev–Trinajstić information content (AvgIpc) is 2.80. The van der Waals surface area contributed by atoms with Crippen molar-refractivity contribution < 1.29 is 37.3 Å². The summed E-state index contributed by atoms with van der Waals surface area (Å²) in [7, 11) is 0. The number of carboxylic acid groups (broad SMARTS) is 1. The van der Waals surface area contributed by atoms with Crippen LogP contribution >= 0.6 is 0 Å². The van der Waals surface area contributed by atoms with Crippen LogP contribution < -0.4 is 5.32 Å². The van der Waals surface area contributed by atoms with E-state index in [0.717, 1.165) is 52.2 Å². The molecule has 3 fully saturated rings. The summed E-state index contributed by atoms with van der Waals surface area (Å²) in [6.07, 6.45) is 4.06. The first-order valence-corrected chi connectivity index (χ1v) is 10.6. The van der Waals surface area contributed by atoms with Gasteiger partial charge in [0.25, 0.3) is 5.91 Å². The molecule has 1 aromatic rings. The smallest absolute Gasteiger partial charge is 0.475 e. The summed E-state index contributed by atoms with van der Waals surface area (Å²) in [5.41, 5.74) is 0.359. The lowest BCUT2D eigenvalue weighted by Gasteiger charge is -2.48. The van der Waals surface area contributed by atoms with Crippen LogP contribution in [0.3, 0.4) is 0 Å². The summed E-state index contributed by atoms with van der Waals surface area (Å²) < 4.78 is 43.3. The fraction of sp³-hybridized carbons (Fsp3) is 0.700. The number of hydrogen-bond donors (Lipinski definition) is 2. The molecule has 9 nitrogen and oxygen atoms in total. The maximum atomic E-state index is 12.6. The van der Waals surface area contributed by atoms with Crippen molar-refractivity contribution >= 4 is 11.9 Å². The minimum atomic E-state index is -5.08. The zero-order valence-corrected chi connectivity index (χ0v) is 17.5. The topological polar surface area (TPSA) is 114 Å². The Morgan fingerprint density at radius 2 is 1.84 bits per heavy atom. The quantitative estimate of drug-likeness (QED) is 0.698. The molecule has 0 bridgehead atoms. The van der Waals surface area contributed by atoms with Gasteiger partial charge in [-0.3, -0.25) is 14.7 Å². The summed E-state index contributed by atoms with van der Waals surface area (Å²) in [4.78, 5) is 32.1. The number of nitrogens with zero attached hydrogens (tertiary/aromatic N) is 3. The number of fused-ring (bicyclic) bond motifs is 1. The Bertz CT molecular complexity index is 761. The van der Waals surface area contributed by atoms with Crippen molar-refractivity contribution in [2.45, 2.75) is 50.0 Å². The third-order valence-corrected chi connectivity index (χ3v) is 5.85. The van der Waals surface area contributed by atoms with Gasteiger partial charge in [0.2, 0.25) is 0 Å². The molecule has 3 aliphatic heterocycles. The van der Waals surface area contributed by atoms with Gasteiger partial charge >= 0.3 is 12.1 Å². The van der Waals surface area contributed by atoms with Crippen molar-refractivity contribution in [2.24, 2.45) is 5.92 Å². The Morgan fingerprint density at radius 1 is 1.12 bits per heavy atom. The van der Waals surface area contributed by atoms with E-state index in [-0.39, 0.29) is 18.1 Å². The third kappa shape index (κ3) is 6.59. The molecule has 0 spiro atoms. The molecule has 3 saturated heterocycles. The van der Waals surface area contributed by atoms with Gasteiger partial charge in [0.05, 0.1) is 18.3 Å². The number of carboxylic acids is 1. The van der Waals surface area contributed by atoms with Crippen molar-refractivity contribution in [1.29, 1.82) is 0 Å². The highest BCUT2D eigenvalue weighted by atomic mass is 19.4. The third-order valence-electron chi connectivity index (χ3n) is 5.85. The summed E-state index contributed by atoms with van der Waals surface area (Å²) in [5.74, 6) is -2.44. The molecule has 0 aliphatic carbocycles. The minimum absolute atomic E-state index is 0.00333. The number of carbonyl (C=O) groups excluding carboxylic acids is 1. The van der Waals surface area contributed by atoms with Crippen LogP contribution in [-0.2, 0) is 14.3 Å². The maximum absolute atomic E-state index is 12.6. The van der Waals surface area contributed by atoms with E-state index in [2.05, 4.69) is 20.2 Å². The fourth-order valence-corrected chi connectivity index (χ4v) is 4.37. The highest BCUT2D eigenvalue weighted by Crippen LogP contribution is 2.31. The minimum Gasteiger partial charge on any atom is -0.475 e. The second kappa shape index (κ2) is 11.0. The predicted octanol–water partition coefficient (Wildman–Crippen LogP) is 1.50. The summed E-state index contributed by atoms with van der Waals surface area (Å²) in [6, 6.07) is 0.545.